The normalized spacial score (nSPS) is 19.6. The molecule has 2 atom stereocenters. The Morgan fingerprint density at radius 2 is 2.19 bits per heavy atom. The fraction of sp³-hybridized carbons (Fsp3) is 0.600. The first-order valence-electron chi connectivity index (χ1n) is 9.64. The summed E-state index contributed by atoms with van der Waals surface area (Å²) in [4.78, 5) is 20.6. The van der Waals surface area contributed by atoms with Crippen LogP contribution in [0.15, 0.2) is 23.0 Å². The van der Waals surface area contributed by atoms with Crippen LogP contribution in [0.2, 0.25) is 0 Å². The number of hydrogen-bond acceptors (Lipinski definition) is 5. The molecule has 6 nitrogen and oxygen atoms in total. The summed E-state index contributed by atoms with van der Waals surface area (Å²) < 4.78 is 7.12. The number of ether oxygens (including phenoxy) is 1. The van der Waals surface area contributed by atoms with E-state index >= 15 is 0 Å². The number of nitrogens with one attached hydrogen (secondary N) is 1. The highest BCUT2D eigenvalue weighted by Gasteiger charge is 2.28. The highest BCUT2D eigenvalue weighted by Crippen LogP contribution is 2.27. The molecule has 0 unspecified atom stereocenters. The second kappa shape index (κ2) is 8.18. The van der Waals surface area contributed by atoms with Crippen LogP contribution in [-0.2, 0) is 6.54 Å². The van der Waals surface area contributed by atoms with Gasteiger partial charge in [0.15, 0.2) is 0 Å². The number of rotatable bonds is 6. The van der Waals surface area contributed by atoms with Crippen LogP contribution in [0.5, 0.6) is 5.75 Å². The van der Waals surface area contributed by atoms with E-state index in [2.05, 4.69) is 24.1 Å². The van der Waals surface area contributed by atoms with Crippen molar-refractivity contribution in [1.82, 2.24) is 19.8 Å². The standard InChI is InChI=1S/C20H30N4O2/c1-5-7-18(23-11-10-21-14(3)13-23)19-22-17-9-8-15(26-4)12-16(17)20(25)24(19)6-2/h8-9,12,14,18,21H,5-7,10-11,13H2,1-4H3/t14-,18+/m0/s1. The minimum Gasteiger partial charge on any atom is -0.497 e. The van der Waals surface area contributed by atoms with Gasteiger partial charge in [-0.2, -0.15) is 0 Å². The number of benzene rings is 1. The first kappa shape index (κ1) is 18.9. The molecule has 2 heterocycles. The van der Waals surface area contributed by atoms with Crippen LogP contribution >= 0.6 is 0 Å². The average molecular weight is 358 g/mol. The molecular formula is C20H30N4O2. The van der Waals surface area contributed by atoms with Gasteiger partial charge in [0.25, 0.3) is 5.56 Å². The summed E-state index contributed by atoms with van der Waals surface area (Å²) in [5.74, 6) is 1.58. The van der Waals surface area contributed by atoms with Crippen molar-refractivity contribution in [2.45, 2.75) is 52.2 Å². The van der Waals surface area contributed by atoms with Crippen LogP contribution in [0.4, 0.5) is 0 Å². The van der Waals surface area contributed by atoms with Crippen molar-refractivity contribution in [2.75, 3.05) is 26.7 Å². The number of piperazine rings is 1. The molecule has 2 aromatic rings. The summed E-state index contributed by atoms with van der Waals surface area (Å²) in [6.07, 6.45) is 2.06. The SMILES string of the molecule is CCC[C@H](c1nc2ccc(OC)cc2c(=O)n1CC)N1CCN[C@@H](C)C1. The van der Waals surface area contributed by atoms with Gasteiger partial charge in [-0.3, -0.25) is 14.3 Å². The zero-order valence-electron chi connectivity index (χ0n) is 16.3. The Morgan fingerprint density at radius 1 is 1.38 bits per heavy atom. The lowest BCUT2D eigenvalue weighted by Gasteiger charge is -2.38. The summed E-state index contributed by atoms with van der Waals surface area (Å²) >= 11 is 0. The van der Waals surface area contributed by atoms with E-state index in [1.54, 1.807) is 13.2 Å². The zero-order chi connectivity index (χ0) is 18.7. The molecule has 1 aromatic heterocycles. The molecule has 0 amide bonds. The quantitative estimate of drug-likeness (QED) is 0.860. The molecule has 142 valence electrons. The van der Waals surface area contributed by atoms with Crippen molar-refractivity contribution in [1.29, 1.82) is 0 Å². The maximum atomic E-state index is 13.1. The van der Waals surface area contributed by atoms with E-state index in [-0.39, 0.29) is 11.6 Å². The Bertz CT molecular complexity index is 817. The molecule has 1 aromatic carbocycles. The topological polar surface area (TPSA) is 59.4 Å². The van der Waals surface area contributed by atoms with E-state index in [1.807, 2.05) is 23.6 Å². The van der Waals surface area contributed by atoms with Gasteiger partial charge in [-0.25, -0.2) is 4.98 Å². The smallest absolute Gasteiger partial charge is 0.261 e. The Kier molecular flexibility index (Phi) is 5.94. The van der Waals surface area contributed by atoms with E-state index in [9.17, 15) is 4.79 Å². The Balaban J connectivity index is 2.12. The second-order valence-corrected chi connectivity index (χ2v) is 7.06. The van der Waals surface area contributed by atoms with Crippen molar-refractivity contribution < 1.29 is 4.74 Å². The Morgan fingerprint density at radius 3 is 2.85 bits per heavy atom. The third-order valence-corrected chi connectivity index (χ3v) is 5.21. The summed E-state index contributed by atoms with van der Waals surface area (Å²) in [6, 6.07) is 6.18. The molecule has 6 heteroatoms. The number of nitrogens with zero attached hydrogens (tertiary/aromatic N) is 3. The van der Waals surface area contributed by atoms with Crippen LogP contribution in [0.25, 0.3) is 10.9 Å². The summed E-state index contributed by atoms with van der Waals surface area (Å²) in [6.45, 7) is 9.97. The molecule has 0 aliphatic carbocycles. The van der Waals surface area contributed by atoms with Crippen LogP contribution in [0.3, 0.4) is 0 Å². The van der Waals surface area contributed by atoms with Crippen LogP contribution in [0.1, 0.15) is 45.5 Å². The Labute approximate surface area is 155 Å². The first-order valence-corrected chi connectivity index (χ1v) is 9.64. The minimum absolute atomic E-state index is 0.0238. The van der Waals surface area contributed by atoms with Gasteiger partial charge in [0, 0.05) is 32.2 Å². The van der Waals surface area contributed by atoms with Crippen molar-refractivity contribution >= 4 is 10.9 Å². The van der Waals surface area contributed by atoms with E-state index < -0.39 is 0 Å². The lowest BCUT2D eigenvalue weighted by molar-refractivity contribution is 0.132. The van der Waals surface area contributed by atoms with Gasteiger partial charge in [0.1, 0.15) is 11.6 Å². The summed E-state index contributed by atoms with van der Waals surface area (Å²) in [7, 11) is 1.62. The molecule has 1 saturated heterocycles. The van der Waals surface area contributed by atoms with Gasteiger partial charge in [-0.15, -0.1) is 0 Å². The maximum absolute atomic E-state index is 13.1. The first-order chi connectivity index (χ1) is 12.6. The van der Waals surface area contributed by atoms with E-state index in [0.29, 0.717) is 23.7 Å². The van der Waals surface area contributed by atoms with E-state index in [4.69, 9.17) is 9.72 Å². The summed E-state index contributed by atoms with van der Waals surface area (Å²) in [5.41, 5.74) is 0.774. The van der Waals surface area contributed by atoms with Gasteiger partial charge >= 0.3 is 0 Å². The molecule has 1 N–H and O–H groups in total. The molecule has 0 radical (unpaired) electrons. The largest absolute Gasteiger partial charge is 0.497 e. The fourth-order valence-electron chi connectivity index (χ4n) is 3.90. The monoisotopic (exact) mass is 358 g/mol. The third kappa shape index (κ3) is 3.62. The minimum atomic E-state index is 0.0238. The number of fused-ring (bicyclic) bond motifs is 1. The second-order valence-electron chi connectivity index (χ2n) is 7.06. The molecule has 26 heavy (non-hydrogen) atoms. The molecule has 1 fully saturated rings. The van der Waals surface area contributed by atoms with E-state index in [0.717, 1.165) is 43.8 Å². The lowest BCUT2D eigenvalue weighted by atomic mass is 10.1. The molecule has 0 saturated carbocycles. The zero-order valence-corrected chi connectivity index (χ0v) is 16.3. The van der Waals surface area contributed by atoms with Gasteiger partial charge in [0.05, 0.1) is 24.1 Å². The lowest BCUT2D eigenvalue weighted by Crippen LogP contribution is -2.51. The molecule has 0 spiro atoms. The number of aromatic nitrogens is 2. The molecule has 1 aliphatic heterocycles. The molecule has 0 bridgehead atoms. The van der Waals surface area contributed by atoms with Crippen LogP contribution < -0.4 is 15.6 Å². The van der Waals surface area contributed by atoms with Crippen LogP contribution in [-0.4, -0.2) is 47.2 Å². The maximum Gasteiger partial charge on any atom is 0.261 e. The highest BCUT2D eigenvalue weighted by molar-refractivity contribution is 5.79. The molecular weight excluding hydrogens is 328 g/mol. The van der Waals surface area contributed by atoms with Crippen LogP contribution in [0, 0.1) is 0 Å². The molecule has 1 aliphatic rings. The third-order valence-electron chi connectivity index (χ3n) is 5.21. The van der Waals surface area contributed by atoms with Crippen molar-refractivity contribution in [3.8, 4) is 5.75 Å². The predicted molar refractivity (Wildman–Crippen MR) is 105 cm³/mol. The van der Waals surface area contributed by atoms with Gasteiger partial charge in [-0.05, 0) is 38.5 Å². The van der Waals surface area contributed by atoms with Gasteiger partial charge in [-0.1, -0.05) is 13.3 Å². The van der Waals surface area contributed by atoms with Gasteiger partial charge in [0.2, 0.25) is 0 Å². The number of hydrogen-bond donors (Lipinski definition) is 1. The van der Waals surface area contributed by atoms with Crippen molar-refractivity contribution in [3.63, 3.8) is 0 Å². The fourth-order valence-corrected chi connectivity index (χ4v) is 3.90. The molecule has 3 rings (SSSR count). The van der Waals surface area contributed by atoms with E-state index in [1.165, 1.54) is 0 Å². The Hall–Kier alpha value is -1.92. The average Bonchev–Trinajstić information content (AvgIpc) is 2.65. The van der Waals surface area contributed by atoms with Crippen molar-refractivity contribution in [2.24, 2.45) is 0 Å². The van der Waals surface area contributed by atoms with Crippen molar-refractivity contribution in [3.05, 3.63) is 34.4 Å². The predicted octanol–water partition coefficient (Wildman–Crippen LogP) is 2.56. The number of methoxy groups -OCH3 is 1. The van der Waals surface area contributed by atoms with Gasteiger partial charge < -0.3 is 10.1 Å². The highest BCUT2D eigenvalue weighted by atomic mass is 16.5. The summed E-state index contributed by atoms with van der Waals surface area (Å²) in [5, 5.41) is 4.12.